The predicted molar refractivity (Wildman–Crippen MR) is 69.5 cm³/mol. The lowest BCUT2D eigenvalue weighted by atomic mass is 10.4. The van der Waals surface area contributed by atoms with Gasteiger partial charge in [-0.15, -0.1) is 10.2 Å². The van der Waals surface area contributed by atoms with Crippen molar-refractivity contribution in [2.75, 3.05) is 5.73 Å². The molecule has 0 amide bonds. The molecule has 0 aliphatic heterocycles. The molecule has 0 aliphatic carbocycles. The zero-order valence-corrected chi connectivity index (χ0v) is 12.0. The van der Waals surface area contributed by atoms with Gasteiger partial charge in [-0.1, -0.05) is 23.1 Å². The van der Waals surface area contributed by atoms with Crippen LogP contribution in [0, 0.1) is 6.92 Å². The van der Waals surface area contributed by atoms with Crippen molar-refractivity contribution < 1.29 is 0 Å². The van der Waals surface area contributed by atoms with E-state index in [-0.39, 0.29) is 0 Å². The van der Waals surface area contributed by atoms with Crippen molar-refractivity contribution in [3.8, 4) is 0 Å². The number of thioether (sulfide) groups is 1. The maximum absolute atomic E-state index is 5.52. The maximum Gasteiger partial charge on any atom is 0.203 e. The summed E-state index contributed by atoms with van der Waals surface area (Å²) in [4.78, 5) is 0. The molecule has 0 aliphatic rings. The Balaban J connectivity index is 2.10. The topological polar surface area (TPSA) is 69.6 Å². The van der Waals surface area contributed by atoms with Gasteiger partial charge in [-0.25, -0.2) is 0 Å². The van der Waals surface area contributed by atoms with Gasteiger partial charge in [0.05, 0.1) is 15.9 Å². The lowest BCUT2D eigenvalue weighted by molar-refractivity contribution is 0.727. The van der Waals surface area contributed by atoms with Gasteiger partial charge in [0.25, 0.3) is 0 Å². The average molecular weight is 320 g/mol. The molecule has 2 N–H and O–H groups in total. The Kier molecular flexibility index (Phi) is 3.50. The molecule has 0 fully saturated rings. The number of halogens is 1. The highest BCUT2D eigenvalue weighted by molar-refractivity contribution is 9.10. The van der Waals surface area contributed by atoms with Gasteiger partial charge in [0, 0.05) is 12.8 Å². The van der Waals surface area contributed by atoms with E-state index in [1.165, 1.54) is 11.3 Å². The molecule has 0 aromatic carbocycles. The fourth-order valence-electron chi connectivity index (χ4n) is 1.25. The van der Waals surface area contributed by atoms with Crippen molar-refractivity contribution in [1.29, 1.82) is 0 Å². The number of nitrogen functional groups attached to an aromatic ring is 1. The molecule has 2 rings (SSSR count). The number of aromatic nitrogens is 4. The van der Waals surface area contributed by atoms with E-state index in [2.05, 4.69) is 31.2 Å². The molecule has 0 saturated carbocycles. The van der Waals surface area contributed by atoms with Gasteiger partial charge in [0.1, 0.15) is 0 Å². The van der Waals surface area contributed by atoms with Crippen molar-refractivity contribution in [1.82, 2.24) is 20.0 Å². The highest BCUT2D eigenvalue weighted by Gasteiger charge is 2.12. The second kappa shape index (κ2) is 4.72. The summed E-state index contributed by atoms with van der Waals surface area (Å²) in [5.74, 6) is 0.798. The summed E-state index contributed by atoms with van der Waals surface area (Å²) in [6.45, 7) is 1.97. The molecule has 8 heteroatoms. The normalized spacial score (nSPS) is 10.9. The molecule has 86 valence electrons. The first-order chi connectivity index (χ1) is 7.58. The van der Waals surface area contributed by atoms with E-state index in [0.29, 0.717) is 5.13 Å². The minimum atomic E-state index is 0.503. The summed E-state index contributed by atoms with van der Waals surface area (Å²) >= 11 is 6.53. The van der Waals surface area contributed by atoms with Crippen LogP contribution in [0.4, 0.5) is 5.13 Å². The summed E-state index contributed by atoms with van der Waals surface area (Å²) < 4.78 is 3.81. The summed E-state index contributed by atoms with van der Waals surface area (Å²) in [5.41, 5.74) is 7.65. The van der Waals surface area contributed by atoms with Crippen LogP contribution in [-0.2, 0) is 12.8 Å². The lowest BCUT2D eigenvalue weighted by Crippen LogP contribution is -1.96. The van der Waals surface area contributed by atoms with Crippen LogP contribution in [-0.4, -0.2) is 20.0 Å². The monoisotopic (exact) mass is 319 g/mol. The van der Waals surface area contributed by atoms with E-state index in [9.17, 15) is 0 Å². The predicted octanol–water partition coefficient (Wildman–Crippen LogP) is 2.22. The van der Waals surface area contributed by atoms with Gasteiger partial charge in [-0.05, 0) is 22.9 Å². The fraction of sp³-hybridized carbons (Fsp3) is 0.375. The Bertz CT molecular complexity index is 506. The van der Waals surface area contributed by atoms with Crippen LogP contribution in [0.2, 0.25) is 0 Å². The van der Waals surface area contributed by atoms with Gasteiger partial charge in [0.2, 0.25) is 5.13 Å². The van der Waals surface area contributed by atoms with Crippen LogP contribution < -0.4 is 5.73 Å². The van der Waals surface area contributed by atoms with Gasteiger partial charge >= 0.3 is 0 Å². The summed E-state index contributed by atoms with van der Waals surface area (Å²) in [7, 11) is 1.93. The molecular weight excluding hydrogens is 310 g/mol. The van der Waals surface area contributed by atoms with Crippen LogP contribution in [0.5, 0.6) is 0 Å². The maximum atomic E-state index is 5.52. The molecule has 0 unspecified atom stereocenters. The minimum Gasteiger partial charge on any atom is -0.374 e. The standard InChI is InChI=1S/C8H10BrN5S2/c1-4-6(9)5(14(2)13-4)3-15-8-12-11-7(10)16-8/h3H2,1-2H3,(H2,10,11). The third-order valence-corrected chi connectivity index (χ3v) is 4.94. The van der Waals surface area contributed by atoms with E-state index in [0.717, 1.165) is 26.0 Å². The molecule has 5 nitrogen and oxygen atoms in total. The Labute approximate surface area is 110 Å². The highest BCUT2D eigenvalue weighted by Crippen LogP contribution is 2.30. The third-order valence-electron chi connectivity index (χ3n) is 2.02. The smallest absolute Gasteiger partial charge is 0.203 e. The van der Waals surface area contributed by atoms with Crippen LogP contribution >= 0.6 is 39.0 Å². The van der Waals surface area contributed by atoms with Gasteiger partial charge < -0.3 is 5.73 Å². The van der Waals surface area contributed by atoms with Crippen LogP contribution in [0.25, 0.3) is 0 Å². The molecule has 0 bridgehead atoms. The number of anilines is 1. The quantitative estimate of drug-likeness (QED) is 0.878. The second-order valence-electron chi connectivity index (χ2n) is 3.16. The zero-order valence-electron chi connectivity index (χ0n) is 8.77. The van der Waals surface area contributed by atoms with E-state index >= 15 is 0 Å². The SMILES string of the molecule is Cc1nn(C)c(CSc2nnc(N)s2)c1Br. The Morgan fingerprint density at radius 1 is 1.50 bits per heavy atom. The summed E-state index contributed by atoms with van der Waals surface area (Å²) in [6.07, 6.45) is 0. The van der Waals surface area contributed by atoms with Gasteiger partial charge in [0.15, 0.2) is 4.34 Å². The first kappa shape index (κ1) is 11.9. The minimum absolute atomic E-state index is 0.503. The van der Waals surface area contributed by atoms with Crippen molar-refractivity contribution >= 4 is 44.2 Å². The molecule has 0 saturated heterocycles. The highest BCUT2D eigenvalue weighted by atomic mass is 79.9. The van der Waals surface area contributed by atoms with E-state index in [1.54, 1.807) is 11.8 Å². The molecular formula is C8H10BrN5S2. The van der Waals surface area contributed by atoms with Gasteiger partial charge in [-0.3, -0.25) is 4.68 Å². The molecule has 2 aromatic heterocycles. The van der Waals surface area contributed by atoms with Gasteiger partial charge in [-0.2, -0.15) is 5.10 Å². The number of aryl methyl sites for hydroxylation is 2. The number of rotatable bonds is 3. The molecule has 16 heavy (non-hydrogen) atoms. The van der Waals surface area contributed by atoms with Crippen molar-refractivity contribution in [2.45, 2.75) is 17.0 Å². The molecule has 0 radical (unpaired) electrons. The Hall–Kier alpha value is -0.600. The number of nitrogens with zero attached hydrogens (tertiary/aromatic N) is 4. The first-order valence-corrected chi connectivity index (χ1v) is 7.07. The largest absolute Gasteiger partial charge is 0.374 e. The number of hydrogen-bond acceptors (Lipinski definition) is 6. The van der Waals surface area contributed by atoms with E-state index < -0.39 is 0 Å². The third kappa shape index (κ3) is 2.38. The Morgan fingerprint density at radius 2 is 2.25 bits per heavy atom. The van der Waals surface area contributed by atoms with Crippen molar-refractivity contribution in [2.24, 2.45) is 7.05 Å². The van der Waals surface area contributed by atoms with Crippen LogP contribution in [0.1, 0.15) is 11.4 Å². The molecule has 2 aromatic rings. The fourth-order valence-corrected chi connectivity index (χ4v) is 3.61. The van der Waals surface area contributed by atoms with Crippen LogP contribution in [0.3, 0.4) is 0 Å². The first-order valence-electron chi connectivity index (χ1n) is 4.47. The number of hydrogen-bond donors (Lipinski definition) is 1. The van der Waals surface area contributed by atoms with Crippen LogP contribution in [0.15, 0.2) is 8.81 Å². The summed E-state index contributed by atoms with van der Waals surface area (Å²) in [6, 6.07) is 0. The molecule has 0 spiro atoms. The number of nitrogens with two attached hydrogens (primary N) is 1. The van der Waals surface area contributed by atoms with Crippen molar-refractivity contribution in [3.63, 3.8) is 0 Å². The zero-order chi connectivity index (χ0) is 11.7. The molecule has 0 atom stereocenters. The second-order valence-corrected chi connectivity index (χ2v) is 6.19. The average Bonchev–Trinajstić information content (AvgIpc) is 2.72. The van der Waals surface area contributed by atoms with Crippen molar-refractivity contribution in [3.05, 3.63) is 15.9 Å². The molecule has 2 heterocycles. The van der Waals surface area contributed by atoms with E-state index in [1.807, 2.05) is 18.7 Å². The Morgan fingerprint density at radius 3 is 2.75 bits per heavy atom. The van der Waals surface area contributed by atoms with E-state index in [4.69, 9.17) is 5.73 Å². The lowest BCUT2D eigenvalue weighted by Gasteiger charge is -1.99. The summed E-state index contributed by atoms with van der Waals surface area (Å²) in [5, 5.41) is 12.6.